The lowest BCUT2D eigenvalue weighted by Gasteiger charge is -2.20. The van der Waals surface area contributed by atoms with Gasteiger partial charge in [-0.25, -0.2) is 9.50 Å². The number of nitrogens with one attached hydrogen (secondary N) is 1. The standard InChI is InChI=1S/C20H26N4/c1-13-6-8-18(9-7-13)14(2)11-21-16(4)19-12-22-20-10-15(3)23-24(20)17(19)5/h6-10,12,14,16,21H,11H2,1-5H3/t14-,16-/m1/s1. The normalized spacial score (nSPS) is 14.0. The van der Waals surface area contributed by atoms with Gasteiger partial charge in [-0.15, -0.1) is 0 Å². The molecule has 0 amide bonds. The molecule has 0 saturated carbocycles. The molecule has 2 heterocycles. The number of aryl methyl sites for hydroxylation is 3. The summed E-state index contributed by atoms with van der Waals surface area (Å²) in [6, 6.07) is 11.0. The zero-order valence-corrected chi connectivity index (χ0v) is 15.2. The quantitative estimate of drug-likeness (QED) is 0.768. The van der Waals surface area contributed by atoms with Crippen LogP contribution in [0.15, 0.2) is 36.5 Å². The fourth-order valence-electron chi connectivity index (χ4n) is 3.08. The van der Waals surface area contributed by atoms with Crippen LogP contribution < -0.4 is 5.32 Å². The molecule has 24 heavy (non-hydrogen) atoms. The Balaban J connectivity index is 1.71. The van der Waals surface area contributed by atoms with Crippen LogP contribution in [-0.2, 0) is 0 Å². The minimum absolute atomic E-state index is 0.235. The predicted molar refractivity (Wildman–Crippen MR) is 98.5 cm³/mol. The molecular weight excluding hydrogens is 296 g/mol. The van der Waals surface area contributed by atoms with E-state index in [0.717, 1.165) is 23.6 Å². The maximum atomic E-state index is 4.54. The summed E-state index contributed by atoms with van der Waals surface area (Å²) in [6.45, 7) is 11.6. The van der Waals surface area contributed by atoms with Crippen molar-refractivity contribution < 1.29 is 0 Å². The summed E-state index contributed by atoms with van der Waals surface area (Å²) in [7, 11) is 0. The average molecular weight is 322 g/mol. The van der Waals surface area contributed by atoms with Crippen LogP contribution in [0.4, 0.5) is 0 Å². The van der Waals surface area contributed by atoms with Gasteiger partial charge in [0.15, 0.2) is 5.65 Å². The van der Waals surface area contributed by atoms with Crippen molar-refractivity contribution in [3.05, 3.63) is 64.6 Å². The Bertz CT molecular complexity index is 833. The molecule has 4 nitrogen and oxygen atoms in total. The number of hydrogen-bond acceptors (Lipinski definition) is 3. The zero-order valence-electron chi connectivity index (χ0n) is 15.2. The second-order valence-corrected chi connectivity index (χ2v) is 6.80. The lowest BCUT2D eigenvalue weighted by atomic mass is 9.99. The van der Waals surface area contributed by atoms with E-state index in [1.54, 1.807) is 0 Å². The van der Waals surface area contributed by atoms with E-state index >= 15 is 0 Å². The van der Waals surface area contributed by atoms with E-state index in [4.69, 9.17) is 0 Å². The molecule has 2 atom stereocenters. The van der Waals surface area contributed by atoms with Gasteiger partial charge in [0.25, 0.3) is 0 Å². The highest BCUT2D eigenvalue weighted by Crippen LogP contribution is 2.20. The van der Waals surface area contributed by atoms with Crippen molar-refractivity contribution in [2.75, 3.05) is 6.54 Å². The maximum Gasteiger partial charge on any atom is 0.155 e. The third kappa shape index (κ3) is 3.34. The van der Waals surface area contributed by atoms with E-state index in [9.17, 15) is 0 Å². The lowest BCUT2D eigenvalue weighted by molar-refractivity contribution is 0.531. The summed E-state index contributed by atoms with van der Waals surface area (Å²) < 4.78 is 1.94. The number of fused-ring (bicyclic) bond motifs is 1. The SMILES string of the molecule is Cc1ccc([C@H](C)CN[C@H](C)c2cnc3cc(C)nn3c2C)cc1. The summed E-state index contributed by atoms with van der Waals surface area (Å²) in [5, 5.41) is 8.18. The molecule has 1 N–H and O–H groups in total. The van der Waals surface area contributed by atoms with E-state index in [-0.39, 0.29) is 6.04 Å². The summed E-state index contributed by atoms with van der Waals surface area (Å²) in [4.78, 5) is 4.54. The van der Waals surface area contributed by atoms with Crippen LogP contribution in [0.2, 0.25) is 0 Å². The first-order valence-electron chi connectivity index (χ1n) is 8.57. The van der Waals surface area contributed by atoms with Gasteiger partial charge in [0, 0.05) is 36.1 Å². The molecule has 0 aliphatic carbocycles. The Morgan fingerprint density at radius 1 is 1.08 bits per heavy atom. The third-order valence-electron chi connectivity index (χ3n) is 4.73. The summed E-state index contributed by atoms with van der Waals surface area (Å²) in [6.07, 6.45) is 1.97. The molecule has 1 aromatic carbocycles. The fourth-order valence-corrected chi connectivity index (χ4v) is 3.08. The third-order valence-corrected chi connectivity index (χ3v) is 4.73. The van der Waals surface area contributed by atoms with Gasteiger partial charge < -0.3 is 5.32 Å². The number of aromatic nitrogens is 3. The molecule has 0 bridgehead atoms. The average Bonchev–Trinajstić information content (AvgIpc) is 2.95. The van der Waals surface area contributed by atoms with Crippen LogP contribution >= 0.6 is 0 Å². The van der Waals surface area contributed by atoms with Gasteiger partial charge in [-0.3, -0.25) is 0 Å². The Kier molecular flexibility index (Phi) is 4.67. The smallest absolute Gasteiger partial charge is 0.155 e. The van der Waals surface area contributed by atoms with Crippen LogP contribution in [0.1, 0.15) is 53.9 Å². The topological polar surface area (TPSA) is 42.2 Å². The molecule has 4 heteroatoms. The summed E-state index contributed by atoms with van der Waals surface area (Å²) in [5.74, 6) is 0.469. The van der Waals surface area contributed by atoms with Crippen molar-refractivity contribution in [1.29, 1.82) is 0 Å². The molecule has 0 fully saturated rings. The van der Waals surface area contributed by atoms with E-state index in [0.29, 0.717) is 5.92 Å². The lowest BCUT2D eigenvalue weighted by Crippen LogP contribution is -2.25. The van der Waals surface area contributed by atoms with Gasteiger partial charge in [-0.1, -0.05) is 36.8 Å². The van der Waals surface area contributed by atoms with Gasteiger partial charge in [-0.05, 0) is 39.2 Å². The predicted octanol–water partition coefficient (Wildman–Crippen LogP) is 4.11. The molecular formula is C20H26N4. The van der Waals surface area contributed by atoms with Crippen molar-refractivity contribution in [2.45, 2.75) is 46.6 Å². The Morgan fingerprint density at radius 2 is 1.79 bits per heavy atom. The van der Waals surface area contributed by atoms with Crippen molar-refractivity contribution in [3.63, 3.8) is 0 Å². The first-order valence-corrected chi connectivity index (χ1v) is 8.57. The Labute approximate surface area is 143 Å². The van der Waals surface area contributed by atoms with Gasteiger partial charge in [0.1, 0.15) is 0 Å². The largest absolute Gasteiger partial charge is 0.309 e. The molecule has 0 unspecified atom stereocenters. The number of benzene rings is 1. The molecule has 126 valence electrons. The molecule has 0 aliphatic heterocycles. The number of rotatable bonds is 5. The first kappa shape index (κ1) is 16.7. The van der Waals surface area contributed by atoms with Crippen LogP contribution in [-0.4, -0.2) is 21.1 Å². The molecule has 0 saturated heterocycles. The van der Waals surface area contributed by atoms with E-state index in [2.05, 4.69) is 67.4 Å². The first-order chi connectivity index (χ1) is 11.5. The molecule has 0 spiro atoms. The van der Waals surface area contributed by atoms with Crippen molar-refractivity contribution in [1.82, 2.24) is 19.9 Å². The Morgan fingerprint density at radius 3 is 2.50 bits per heavy atom. The van der Waals surface area contributed by atoms with Gasteiger partial charge >= 0.3 is 0 Å². The van der Waals surface area contributed by atoms with Gasteiger partial charge in [0.2, 0.25) is 0 Å². The molecule has 3 rings (SSSR count). The Hall–Kier alpha value is -2.20. The number of hydrogen-bond donors (Lipinski definition) is 1. The minimum Gasteiger partial charge on any atom is -0.309 e. The molecule has 0 aliphatic rings. The highest BCUT2D eigenvalue weighted by atomic mass is 15.3. The van der Waals surface area contributed by atoms with Crippen LogP contribution in [0.3, 0.4) is 0 Å². The van der Waals surface area contributed by atoms with Crippen LogP contribution in [0.25, 0.3) is 5.65 Å². The maximum absolute atomic E-state index is 4.54. The monoisotopic (exact) mass is 322 g/mol. The van der Waals surface area contributed by atoms with Crippen LogP contribution in [0, 0.1) is 20.8 Å². The van der Waals surface area contributed by atoms with E-state index in [1.165, 1.54) is 16.7 Å². The highest BCUT2D eigenvalue weighted by molar-refractivity contribution is 5.42. The van der Waals surface area contributed by atoms with Gasteiger partial charge in [0.05, 0.1) is 5.69 Å². The molecule has 3 aromatic rings. The molecule has 0 radical (unpaired) electrons. The van der Waals surface area contributed by atoms with Gasteiger partial charge in [-0.2, -0.15) is 5.10 Å². The van der Waals surface area contributed by atoms with Crippen LogP contribution in [0.5, 0.6) is 0 Å². The van der Waals surface area contributed by atoms with Crippen molar-refractivity contribution in [2.24, 2.45) is 0 Å². The van der Waals surface area contributed by atoms with E-state index in [1.807, 2.05) is 23.7 Å². The zero-order chi connectivity index (χ0) is 17.3. The van der Waals surface area contributed by atoms with Crippen molar-refractivity contribution in [3.8, 4) is 0 Å². The minimum atomic E-state index is 0.235. The fraction of sp³-hybridized carbons (Fsp3) is 0.400. The molecule has 2 aromatic heterocycles. The second kappa shape index (κ2) is 6.73. The summed E-state index contributed by atoms with van der Waals surface area (Å²) in [5.41, 5.74) is 6.92. The second-order valence-electron chi connectivity index (χ2n) is 6.80. The van der Waals surface area contributed by atoms with Crippen molar-refractivity contribution >= 4 is 5.65 Å². The highest BCUT2D eigenvalue weighted by Gasteiger charge is 2.14. The number of nitrogens with zero attached hydrogens (tertiary/aromatic N) is 3. The van der Waals surface area contributed by atoms with E-state index < -0.39 is 0 Å². The summed E-state index contributed by atoms with van der Waals surface area (Å²) >= 11 is 0.